The van der Waals surface area contributed by atoms with E-state index in [-0.39, 0.29) is 12.6 Å². The average Bonchev–Trinajstić information content (AvgIpc) is 3.05. The lowest BCUT2D eigenvalue weighted by Gasteiger charge is -2.30. The Morgan fingerprint density at radius 2 is 1.93 bits per heavy atom. The largest absolute Gasteiger partial charge is 0.361 e. The van der Waals surface area contributed by atoms with E-state index in [9.17, 15) is 8.42 Å². The lowest BCUT2D eigenvalue weighted by molar-refractivity contribution is 0.281. The number of sulfonamides is 1. The lowest BCUT2D eigenvalue weighted by Crippen LogP contribution is -2.36. The fourth-order valence-corrected chi connectivity index (χ4v) is 5.22. The molecule has 1 N–H and O–H groups in total. The minimum atomic E-state index is -3.58. The van der Waals surface area contributed by atoms with Crippen molar-refractivity contribution in [2.45, 2.75) is 65.2 Å². The highest BCUT2D eigenvalue weighted by Crippen LogP contribution is 2.36. The summed E-state index contributed by atoms with van der Waals surface area (Å²) in [5.74, 6) is 0. The van der Waals surface area contributed by atoms with E-state index in [4.69, 9.17) is 6.85 Å². The second-order valence-corrected chi connectivity index (χ2v) is 10.8. The summed E-state index contributed by atoms with van der Waals surface area (Å²) in [4.78, 5) is 4.11. The number of aromatic nitrogens is 1. The van der Waals surface area contributed by atoms with Crippen LogP contribution in [0, 0.1) is 6.92 Å². The Morgan fingerprint density at radius 3 is 2.46 bits per heavy atom. The van der Waals surface area contributed by atoms with Crippen LogP contribution in [0.25, 0.3) is 10.9 Å². The summed E-state index contributed by atoms with van der Waals surface area (Å²) in [5.41, 5.74) is 2.42. The Bertz CT molecular complexity index is 1090. The SMILES string of the molecule is [2H]C([2H])([2H])N(CC(C)(C)c1c[nH]c2cc(C)c(C(C)S(=O)(=O)N(C)C(C)C)cc12)C([2H])([2H])C. The summed E-state index contributed by atoms with van der Waals surface area (Å²) in [6, 6.07) is 3.61. The minimum absolute atomic E-state index is 0.0485. The zero-order chi connectivity index (χ0) is 25.7. The third kappa shape index (κ3) is 4.29. The standard InChI is InChI=1S/C22H37N3O2S/c1-10-24(8)14-22(6,7)20-13-23-21-11-16(4)18(12-19(20)21)17(5)28(26,27)25(9)15(2)3/h11-13,15,17,23H,10,14H2,1-9H3/i8D3,10D2. The maximum Gasteiger partial charge on any atom is 0.220 e. The molecule has 0 radical (unpaired) electrons. The molecule has 0 bridgehead atoms. The Kier molecular flexibility index (Phi) is 4.79. The highest BCUT2D eigenvalue weighted by Gasteiger charge is 2.31. The van der Waals surface area contributed by atoms with Gasteiger partial charge in [0.25, 0.3) is 0 Å². The van der Waals surface area contributed by atoms with E-state index in [1.807, 2.05) is 46.8 Å². The first kappa shape index (κ1) is 16.4. The van der Waals surface area contributed by atoms with Crippen molar-refractivity contribution in [3.05, 3.63) is 35.0 Å². The molecule has 1 aromatic carbocycles. The predicted molar refractivity (Wildman–Crippen MR) is 119 cm³/mol. The fraction of sp³-hybridized carbons (Fsp3) is 0.636. The minimum Gasteiger partial charge on any atom is -0.361 e. The molecule has 0 saturated heterocycles. The van der Waals surface area contributed by atoms with Crippen molar-refractivity contribution >= 4 is 20.9 Å². The molecule has 0 aliphatic rings. The van der Waals surface area contributed by atoms with Gasteiger partial charge in [0.1, 0.15) is 0 Å². The molecule has 6 heteroatoms. The fourth-order valence-electron chi connectivity index (χ4n) is 3.56. The predicted octanol–water partition coefficient (Wildman–Crippen LogP) is 4.44. The van der Waals surface area contributed by atoms with Crippen LogP contribution in [-0.2, 0) is 15.4 Å². The first-order valence-electron chi connectivity index (χ1n) is 12.1. The van der Waals surface area contributed by atoms with Gasteiger partial charge in [-0.1, -0.05) is 20.8 Å². The number of aryl methyl sites for hydroxylation is 1. The Balaban J connectivity index is 2.60. The number of H-pyrrole nitrogens is 1. The quantitative estimate of drug-likeness (QED) is 0.697. The zero-order valence-electron chi connectivity index (χ0n) is 23.2. The normalized spacial score (nSPS) is 18.2. The van der Waals surface area contributed by atoms with E-state index >= 15 is 0 Å². The van der Waals surface area contributed by atoms with Gasteiger partial charge in [-0.15, -0.1) is 0 Å². The second-order valence-electron chi connectivity index (χ2n) is 8.45. The number of likely N-dealkylation sites (N-methyl/N-ethyl adjacent to an activating group) is 1. The van der Waals surface area contributed by atoms with Crippen molar-refractivity contribution in [1.82, 2.24) is 14.2 Å². The van der Waals surface area contributed by atoms with Crippen LogP contribution in [-0.4, -0.2) is 55.7 Å². The van der Waals surface area contributed by atoms with Gasteiger partial charge in [-0.2, -0.15) is 0 Å². The highest BCUT2D eigenvalue weighted by atomic mass is 32.2. The van der Waals surface area contributed by atoms with Gasteiger partial charge < -0.3 is 9.88 Å². The Labute approximate surface area is 178 Å². The number of benzene rings is 1. The van der Waals surface area contributed by atoms with Gasteiger partial charge in [0.05, 0.1) is 5.25 Å². The van der Waals surface area contributed by atoms with E-state index < -0.39 is 34.2 Å². The monoisotopic (exact) mass is 412 g/mol. The van der Waals surface area contributed by atoms with Crippen molar-refractivity contribution in [2.75, 3.05) is 27.1 Å². The van der Waals surface area contributed by atoms with Crippen LogP contribution in [0.4, 0.5) is 0 Å². The van der Waals surface area contributed by atoms with Crippen molar-refractivity contribution < 1.29 is 15.3 Å². The van der Waals surface area contributed by atoms with Crippen LogP contribution in [0.5, 0.6) is 0 Å². The second kappa shape index (κ2) is 8.17. The molecule has 28 heavy (non-hydrogen) atoms. The summed E-state index contributed by atoms with van der Waals surface area (Å²) in [6.07, 6.45) is 1.80. The average molecular weight is 413 g/mol. The van der Waals surface area contributed by atoms with E-state index in [0.717, 1.165) is 26.9 Å². The van der Waals surface area contributed by atoms with Crippen molar-refractivity contribution in [1.29, 1.82) is 0 Å². The van der Waals surface area contributed by atoms with E-state index in [2.05, 4.69) is 4.98 Å². The number of aromatic amines is 1. The third-order valence-corrected chi connectivity index (χ3v) is 8.01. The Hall–Kier alpha value is -1.37. The molecule has 0 spiro atoms. The molecule has 0 aliphatic heterocycles. The molecule has 0 fully saturated rings. The van der Waals surface area contributed by atoms with E-state index in [1.54, 1.807) is 20.2 Å². The van der Waals surface area contributed by atoms with E-state index in [1.165, 1.54) is 11.2 Å². The van der Waals surface area contributed by atoms with Crippen molar-refractivity contribution in [2.24, 2.45) is 0 Å². The summed E-state index contributed by atoms with van der Waals surface area (Å²) < 4.78 is 67.2. The van der Waals surface area contributed by atoms with Gasteiger partial charge in [-0.05, 0) is 70.0 Å². The van der Waals surface area contributed by atoms with Crippen LogP contribution in [0.15, 0.2) is 18.3 Å². The van der Waals surface area contributed by atoms with Crippen LogP contribution in [0.3, 0.4) is 0 Å². The Morgan fingerprint density at radius 1 is 1.29 bits per heavy atom. The number of rotatable bonds is 8. The number of nitrogens with one attached hydrogen (secondary N) is 1. The van der Waals surface area contributed by atoms with Crippen LogP contribution in [0.1, 0.15) is 70.3 Å². The van der Waals surface area contributed by atoms with Gasteiger partial charge in [0.15, 0.2) is 0 Å². The molecule has 1 heterocycles. The molecule has 5 nitrogen and oxygen atoms in total. The van der Waals surface area contributed by atoms with Crippen molar-refractivity contribution in [3.63, 3.8) is 0 Å². The third-order valence-electron chi connectivity index (χ3n) is 5.63. The van der Waals surface area contributed by atoms with Gasteiger partial charge in [-0.25, -0.2) is 12.7 Å². The lowest BCUT2D eigenvalue weighted by atomic mass is 9.83. The van der Waals surface area contributed by atoms with Gasteiger partial charge >= 0.3 is 0 Å². The molecular formula is C22H37N3O2S. The van der Waals surface area contributed by atoms with Gasteiger partial charge in [0, 0.05) is 49.0 Å². The number of nitrogens with zero attached hydrogens (tertiary/aromatic N) is 2. The first-order valence-corrected chi connectivity index (χ1v) is 11.1. The molecule has 1 atom stereocenters. The summed E-state index contributed by atoms with van der Waals surface area (Å²) in [5, 5.41) is 0.0424. The summed E-state index contributed by atoms with van der Waals surface area (Å²) in [6.45, 7) is 7.50. The molecule has 0 saturated carbocycles. The molecule has 1 unspecified atom stereocenters. The zero-order valence-corrected chi connectivity index (χ0v) is 19.0. The molecule has 2 rings (SSSR count). The molecule has 2 aromatic rings. The van der Waals surface area contributed by atoms with Crippen LogP contribution < -0.4 is 0 Å². The topological polar surface area (TPSA) is 56.4 Å². The maximum atomic E-state index is 13.2. The van der Waals surface area contributed by atoms with Crippen molar-refractivity contribution in [3.8, 4) is 0 Å². The first-order chi connectivity index (χ1) is 14.7. The number of fused-ring (bicyclic) bond motifs is 1. The molecule has 0 aliphatic carbocycles. The molecule has 1 aromatic heterocycles. The highest BCUT2D eigenvalue weighted by molar-refractivity contribution is 7.89. The molecule has 158 valence electrons. The smallest absolute Gasteiger partial charge is 0.220 e. The van der Waals surface area contributed by atoms with Crippen LogP contribution >= 0.6 is 0 Å². The summed E-state index contributed by atoms with van der Waals surface area (Å²) in [7, 11) is -2.00. The van der Waals surface area contributed by atoms with Crippen LogP contribution in [0.2, 0.25) is 0 Å². The van der Waals surface area contributed by atoms with E-state index in [0.29, 0.717) is 5.56 Å². The van der Waals surface area contributed by atoms with Gasteiger partial charge in [-0.3, -0.25) is 0 Å². The van der Waals surface area contributed by atoms with Gasteiger partial charge in [0.2, 0.25) is 10.0 Å². The molecule has 0 amide bonds. The number of hydrogen-bond donors (Lipinski definition) is 1. The maximum absolute atomic E-state index is 13.2. The molecular weight excluding hydrogens is 370 g/mol. The summed E-state index contributed by atoms with van der Waals surface area (Å²) >= 11 is 0. The number of hydrogen-bond acceptors (Lipinski definition) is 3.